The first-order valence-corrected chi connectivity index (χ1v) is 9.78. The summed E-state index contributed by atoms with van der Waals surface area (Å²) in [5.41, 5.74) is 1.31. The van der Waals surface area contributed by atoms with Gasteiger partial charge >= 0.3 is 0 Å². The molecule has 0 saturated carbocycles. The molecular formula is C23H17ClF2N2O3. The third-order valence-electron chi connectivity index (χ3n) is 4.93. The second kappa shape index (κ2) is 8.35. The van der Waals surface area contributed by atoms with Gasteiger partial charge in [-0.15, -0.1) is 0 Å². The van der Waals surface area contributed by atoms with Crippen LogP contribution < -0.4 is 10.3 Å². The van der Waals surface area contributed by atoms with E-state index in [2.05, 4.69) is 0 Å². The second-order valence-corrected chi connectivity index (χ2v) is 7.40. The van der Waals surface area contributed by atoms with Crippen molar-refractivity contribution in [2.45, 2.75) is 20.1 Å². The summed E-state index contributed by atoms with van der Waals surface area (Å²) in [6, 6.07) is 12.8. The van der Waals surface area contributed by atoms with Crippen molar-refractivity contribution < 1.29 is 18.3 Å². The fourth-order valence-corrected chi connectivity index (χ4v) is 3.53. The van der Waals surface area contributed by atoms with Crippen molar-refractivity contribution in [2.24, 2.45) is 0 Å². The molecule has 31 heavy (non-hydrogen) atoms. The SMILES string of the molecule is CC(=O)n1ccc2cc(Cn3cccc(OCc4ccc(F)c(Cl)c4F)c3=O)ccc21. The third kappa shape index (κ3) is 4.09. The van der Waals surface area contributed by atoms with Gasteiger partial charge in [-0.1, -0.05) is 17.7 Å². The first kappa shape index (κ1) is 20.8. The standard InChI is InChI=1S/C23H17ClF2N2O3/c1-14(29)28-10-8-16-11-15(4-7-19(16)28)12-27-9-2-3-20(23(27)30)31-13-17-5-6-18(25)21(24)22(17)26/h2-11H,12-13H2,1H3. The van der Waals surface area contributed by atoms with E-state index in [4.69, 9.17) is 16.3 Å². The summed E-state index contributed by atoms with van der Waals surface area (Å²) < 4.78 is 35.9. The molecule has 2 aromatic heterocycles. The third-order valence-corrected chi connectivity index (χ3v) is 5.28. The maximum atomic E-state index is 14.1. The van der Waals surface area contributed by atoms with Gasteiger partial charge in [0.1, 0.15) is 17.4 Å². The molecule has 0 amide bonds. The van der Waals surface area contributed by atoms with Crippen LogP contribution in [0.3, 0.4) is 0 Å². The first-order chi connectivity index (χ1) is 14.8. The number of carbonyl (C=O) groups is 1. The lowest BCUT2D eigenvalue weighted by Crippen LogP contribution is -2.21. The quantitative estimate of drug-likeness (QED) is 0.408. The Morgan fingerprint density at radius 3 is 2.68 bits per heavy atom. The van der Waals surface area contributed by atoms with E-state index in [-0.39, 0.29) is 30.4 Å². The number of halogens is 3. The van der Waals surface area contributed by atoms with Gasteiger partial charge in [0.05, 0.1) is 12.1 Å². The van der Waals surface area contributed by atoms with Crippen LogP contribution in [0.5, 0.6) is 5.75 Å². The monoisotopic (exact) mass is 442 g/mol. The zero-order chi connectivity index (χ0) is 22.1. The van der Waals surface area contributed by atoms with Gasteiger partial charge in [0, 0.05) is 30.3 Å². The van der Waals surface area contributed by atoms with Gasteiger partial charge in [-0.2, -0.15) is 0 Å². The maximum absolute atomic E-state index is 14.1. The van der Waals surface area contributed by atoms with Crippen LogP contribution in [0, 0.1) is 11.6 Å². The fraction of sp³-hybridized carbons (Fsp3) is 0.130. The summed E-state index contributed by atoms with van der Waals surface area (Å²) in [6.45, 7) is 1.51. The molecule has 0 unspecified atom stereocenters. The van der Waals surface area contributed by atoms with Gasteiger partial charge in [0.2, 0.25) is 5.91 Å². The molecule has 2 aromatic carbocycles. The summed E-state index contributed by atoms with van der Waals surface area (Å²) >= 11 is 5.58. The molecule has 0 saturated heterocycles. The average Bonchev–Trinajstić information content (AvgIpc) is 3.17. The number of fused-ring (bicyclic) bond motifs is 1. The molecule has 0 aliphatic carbocycles. The van der Waals surface area contributed by atoms with Gasteiger partial charge in [0.25, 0.3) is 5.56 Å². The van der Waals surface area contributed by atoms with Gasteiger partial charge in [-0.25, -0.2) is 8.78 Å². The zero-order valence-corrected chi connectivity index (χ0v) is 17.2. The van der Waals surface area contributed by atoms with E-state index in [0.717, 1.165) is 22.5 Å². The van der Waals surface area contributed by atoms with E-state index in [1.54, 1.807) is 23.0 Å². The van der Waals surface area contributed by atoms with Gasteiger partial charge in [-0.05, 0) is 48.0 Å². The van der Waals surface area contributed by atoms with Crippen LogP contribution in [0.15, 0.2) is 65.7 Å². The Balaban J connectivity index is 1.55. The highest BCUT2D eigenvalue weighted by Crippen LogP contribution is 2.23. The lowest BCUT2D eigenvalue weighted by atomic mass is 10.1. The number of hydrogen-bond donors (Lipinski definition) is 0. The van der Waals surface area contributed by atoms with Crippen LogP contribution in [0.4, 0.5) is 8.78 Å². The molecule has 4 rings (SSSR count). The molecule has 8 heteroatoms. The predicted molar refractivity (Wildman–Crippen MR) is 114 cm³/mol. The van der Waals surface area contributed by atoms with Gasteiger partial charge in [-0.3, -0.25) is 14.2 Å². The number of carbonyl (C=O) groups excluding carboxylic acids is 1. The normalized spacial score (nSPS) is 11.1. The summed E-state index contributed by atoms with van der Waals surface area (Å²) in [6.07, 6.45) is 3.33. The van der Waals surface area contributed by atoms with Crippen LogP contribution in [0.1, 0.15) is 22.8 Å². The highest BCUT2D eigenvalue weighted by Gasteiger charge is 2.13. The van der Waals surface area contributed by atoms with Crippen molar-refractivity contribution in [3.05, 3.63) is 99.1 Å². The highest BCUT2D eigenvalue weighted by molar-refractivity contribution is 6.30. The van der Waals surface area contributed by atoms with Gasteiger partial charge < -0.3 is 9.30 Å². The number of ether oxygens (including phenoxy) is 1. The number of aromatic nitrogens is 2. The molecule has 0 aliphatic rings. The Hall–Kier alpha value is -3.45. The molecule has 0 aliphatic heterocycles. The molecule has 4 aromatic rings. The van der Waals surface area contributed by atoms with E-state index in [1.807, 2.05) is 24.3 Å². The second-order valence-electron chi connectivity index (χ2n) is 7.03. The molecule has 0 spiro atoms. The minimum Gasteiger partial charge on any atom is -0.483 e. The Labute approximate surface area is 181 Å². The zero-order valence-electron chi connectivity index (χ0n) is 16.4. The van der Waals surface area contributed by atoms with Crippen molar-refractivity contribution in [1.82, 2.24) is 9.13 Å². The van der Waals surface area contributed by atoms with Crippen molar-refractivity contribution >= 4 is 28.4 Å². The van der Waals surface area contributed by atoms with Crippen LogP contribution in [-0.2, 0) is 13.2 Å². The van der Waals surface area contributed by atoms with Crippen LogP contribution in [0.2, 0.25) is 5.02 Å². The lowest BCUT2D eigenvalue weighted by molar-refractivity contribution is 0.0941. The van der Waals surface area contributed by atoms with Crippen LogP contribution in [0.25, 0.3) is 10.9 Å². The number of hydrogen-bond acceptors (Lipinski definition) is 3. The lowest BCUT2D eigenvalue weighted by Gasteiger charge is -2.11. The Morgan fingerprint density at radius 2 is 1.90 bits per heavy atom. The van der Waals surface area contributed by atoms with Crippen molar-refractivity contribution in [3.63, 3.8) is 0 Å². The Morgan fingerprint density at radius 1 is 1.10 bits per heavy atom. The van der Waals surface area contributed by atoms with E-state index in [9.17, 15) is 18.4 Å². The van der Waals surface area contributed by atoms with E-state index >= 15 is 0 Å². The highest BCUT2D eigenvalue weighted by atomic mass is 35.5. The predicted octanol–water partition coefficient (Wildman–Crippen LogP) is 5.02. The minimum atomic E-state index is -0.913. The summed E-state index contributed by atoms with van der Waals surface area (Å²) in [5.74, 6) is -1.82. The topological polar surface area (TPSA) is 53.2 Å². The molecule has 0 radical (unpaired) electrons. The molecule has 0 atom stereocenters. The molecular weight excluding hydrogens is 426 g/mol. The molecule has 5 nitrogen and oxygen atoms in total. The smallest absolute Gasteiger partial charge is 0.293 e. The van der Waals surface area contributed by atoms with Crippen LogP contribution >= 0.6 is 11.6 Å². The number of pyridine rings is 1. The largest absolute Gasteiger partial charge is 0.483 e. The molecule has 0 fully saturated rings. The van der Waals surface area contributed by atoms with Crippen molar-refractivity contribution in [3.8, 4) is 5.75 Å². The average molecular weight is 443 g/mol. The van der Waals surface area contributed by atoms with Crippen molar-refractivity contribution in [1.29, 1.82) is 0 Å². The summed E-state index contributed by atoms with van der Waals surface area (Å²) in [5, 5.41) is 0.275. The molecule has 2 heterocycles. The van der Waals surface area contributed by atoms with Crippen molar-refractivity contribution in [2.75, 3.05) is 0 Å². The fourth-order valence-electron chi connectivity index (χ4n) is 3.34. The van der Waals surface area contributed by atoms with Gasteiger partial charge in [0.15, 0.2) is 11.6 Å². The minimum absolute atomic E-state index is 0.0335. The number of benzene rings is 2. The molecule has 158 valence electrons. The Bertz CT molecular complexity index is 1360. The number of rotatable bonds is 5. The Kier molecular flexibility index (Phi) is 5.61. The molecule has 0 N–H and O–H groups in total. The van der Waals surface area contributed by atoms with E-state index in [1.165, 1.54) is 23.6 Å². The first-order valence-electron chi connectivity index (χ1n) is 9.40. The summed E-state index contributed by atoms with van der Waals surface area (Å²) in [7, 11) is 0. The maximum Gasteiger partial charge on any atom is 0.293 e. The van der Waals surface area contributed by atoms with E-state index < -0.39 is 22.2 Å². The van der Waals surface area contributed by atoms with Crippen LogP contribution in [-0.4, -0.2) is 15.0 Å². The van der Waals surface area contributed by atoms with E-state index in [0.29, 0.717) is 0 Å². The molecule has 0 bridgehead atoms. The summed E-state index contributed by atoms with van der Waals surface area (Å²) in [4.78, 5) is 24.4. The number of nitrogens with zero attached hydrogens (tertiary/aromatic N) is 2.